The van der Waals surface area contributed by atoms with Gasteiger partial charge in [0.05, 0.1) is 12.2 Å². The molecule has 3 aliphatic heterocycles. The van der Waals surface area contributed by atoms with Gasteiger partial charge in [0.15, 0.2) is 23.4 Å². The number of ether oxygens (including phenoxy) is 6. The summed E-state index contributed by atoms with van der Waals surface area (Å²) in [6.45, 7) is -1.56. The molecule has 2 fully saturated rings. The molecule has 20 nitrogen and oxygen atoms in total. The molecule has 3 aliphatic rings. The molecule has 2 aromatic rings. The van der Waals surface area contributed by atoms with Crippen molar-refractivity contribution in [1.82, 2.24) is 0 Å². The van der Waals surface area contributed by atoms with E-state index in [1.807, 2.05) is 0 Å². The van der Waals surface area contributed by atoms with Crippen LogP contribution in [0.4, 0.5) is 0 Å². The number of benzene rings is 2. The van der Waals surface area contributed by atoms with Gasteiger partial charge in [-0.25, -0.2) is 0 Å². The third-order valence-electron chi connectivity index (χ3n) is 7.99. The van der Waals surface area contributed by atoms with Crippen LogP contribution >= 0.6 is 0 Å². The van der Waals surface area contributed by atoms with Gasteiger partial charge in [-0.2, -0.15) is 0 Å². The fourth-order valence-corrected chi connectivity index (χ4v) is 5.36. The van der Waals surface area contributed by atoms with Crippen molar-refractivity contribution >= 4 is 18.0 Å². The van der Waals surface area contributed by atoms with Crippen molar-refractivity contribution in [2.75, 3.05) is 13.2 Å². The summed E-state index contributed by atoms with van der Waals surface area (Å²) in [5.74, 6) is -6.43. The lowest BCUT2D eigenvalue weighted by molar-refractivity contribution is -0.293. The molecular weight excluding hydrogens is 680 g/mol. The van der Waals surface area contributed by atoms with E-state index in [9.17, 15) is 65.8 Å². The van der Waals surface area contributed by atoms with Gasteiger partial charge in [0, 0.05) is 17.7 Å². The topological polar surface area (TPSA) is 332 Å². The lowest BCUT2D eigenvalue weighted by atomic mass is 9.98. The zero-order valence-corrected chi connectivity index (χ0v) is 25.5. The molecule has 0 bridgehead atoms. The first-order chi connectivity index (χ1) is 23.6. The quantitative estimate of drug-likeness (QED) is 0.0663. The molecule has 0 amide bonds. The van der Waals surface area contributed by atoms with Crippen LogP contribution in [0.15, 0.2) is 30.0 Å². The summed E-state index contributed by atoms with van der Waals surface area (Å²) in [7, 11) is 0. The third kappa shape index (κ3) is 7.43. The highest BCUT2D eigenvalue weighted by Gasteiger charge is 2.47. The van der Waals surface area contributed by atoms with Gasteiger partial charge in [-0.05, 0) is 18.2 Å². The number of phenols is 4. The van der Waals surface area contributed by atoms with Crippen LogP contribution in [0, 0.1) is 0 Å². The predicted octanol–water partition coefficient (Wildman–Crippen LogP) is -3.00. The molecule has 0 saturated carbocycles. The van der Waals surface area contributed by atoms with Crippen molar-refractivity contribution in [3.63, 3.8) is 0 Å². The monoisotopic (exact) mass is 714 g/mol. The van der Waals surface area contributed by atoms with Crippen LogP contribution in [-0.2, 0) is 28.5 Å². The molecule has 0 aromatic heterocycles. The van der Waals surface area contributed by atoms with Gasteiger partial charge in [0.25, 0.3) is 0 Å². The van der Waals surface area contributed by atoms with Crippen molar-refractivity contribution in [2.24, 2.45) is 0 Å². The molecule has 2 aromatic carbocycles. The number of carboxylic acids is 1. The predicted molar refractivity (Wildman–Crippen MR) is 156 cm³/mol. The Hall–Kier alpha value is -4.64. The van der Waals surface area contributed by atoms with Crippen molar-refractivity contribution in [3.8, 4) is 34.5 Å². The Morgan fingerprint density at radius 1 is 0.740 bits per heavy atom. The maximum Gasteiger partial charge on any atom is 0.317 e. The molecule has 2 saturated heterocycles. The number of aromatic hydroxyl groups is 4. The number of aliphatic hydroxyl groups excluding tert-OH is 7. The second-order valence-electron chi connectivity index (χ2n) is 11.5. The third-order valence-corrected chi connectivity index (χ3v) is 7.99. The molecule has 11 atom stereocenters. The average molecular weight is 715 g/mol. The molecular formula is C30H34O20. The van der Waals surface area contributed by atoms with E-state index < -0.39 is 122 Å². The van der Waals surface area contributed by atoms with Crippen molar-refractivity contribution in [2.45, 2.75) is 73.9 Å². The highest BCUT2D eigenvalue weighted by Crippen LogP contribution is 2.47. The van der Waals surface area contributed by atoms with Gasteiger partial charge in [-0.15, -0.1) is 0 Å². The minimum Gasteiger partial charge on any atom is -0.508 e. The largest absolute Gasteiger partial charge is 0.508 e. The SMILES string of the molecule is O=C(O)CC(=O)OC[C@H]1O[C@@H](Oc2cc(O)cc3c2C=C(O[C@@H]2O[C@H](CO)[C@@H](O)[C@H](O)[C@H]2O)C(c2cc(O)c(O)c(O)c2)O3)[C@H](O)[C@@H](O)[C@@H]1O. The van der Waals surface area contributed by atoms with E-state index in [4.69, 9.17) is 33.5 Å². The number of carbonyl (C=O) groups excluding carboxylic acids is 1. The summed E-state index contributed by atoms with van der Waals surface area (Å²) in [6, 6.07) is 4.07. The van der Waals surface area contributed by atoms with Crippen LogP contribution in [0.25, 0.3) is 6.08 Å². The molecule has 50 heavy (non-hydrogen) atoms. The van der Waals surface area contributed by atoms with Gasteiger partial charge >= 0.3 is 11.9 Å². The number of phenolic OH excluding ortho intramolecular Hbond substituents is 4. The number of rotatable bonds is 10. The number of carboxylic acid groups (broad SMARTS) is 1. The summed E-state index contributed by atoms with van der Waals surface area (Å²) in [6.07, 6.45) is -19.1. The van der Waals surface area contributed by atoms with E-state index in [1.165, 1.54) is 6.08 Å². The van der Waals surface area contributed by atoms with Gasteiger partial charge in [-0.3, -0.25) is 9.59 Å². The Morgan fingerprint density at radius 2 is 1.32 bits per heavy atom. The van der Waals surface area contributed by atoms with Gasteiger partial charge < -0.3 is 89.7 Å². The summed E-state index contributed by atoms with van der Waals surface area (Å²) >= 11 is 0. The van der Waals surface area contributed by atoms with E-state index in [-0.39, 0.29) is 28.4 Å². The van der Waals surface area contributed by atoms with Crippen LogP contribution < -0.4 is 9.47 Å². The Kier molecular flexibility index (Phi) is 10.8. The lowest BCUT2D eigenvalue weighted by Crippen LogP contribution is -2.60. The molecule has 0 aliphatic carbocycles. The summed E-state index contributed by atoms with van der Waals surface area (Å²) in [4.78, 5) is 22.5. The first kappa shape index (κ1) is 36.6. The van der Waals surface area contributed by atoms with Crippen molar-refractivity contribution in [1.29, 1.82) is 0 Å². The fraction of sp³-hybridized carbons (Fsp3) is 0.467. The number of hydrogen-bond donors (Lipinski definition) is 12. The van der Waals surface area contributed by atoms with E-state index >= 15 is 0 Å². The molecule has 5 rings (SSSR count). The maximum absolute atomic E-state index is 11.7. The van der Waals surface area contributed by atoms with E-state index in [0.29, 0.717) is 0 Å². The van der Waals surface area contributed by atoms with Crippen molar-refractivity contribution in [3.05, 3.63) is 41.2 Å². The van der Waals surface area contributed by atoms with Gasteiger partial charge in [0.1, 0.15) is 84.9 Å². The van der Waals surface area contributed by atoms with Crippen LogP contribution in [0.1, 0.15) is 23.7 Å². The average Bonchev–Trinajstić information content (AvgIpc) is 3.06. The first-order valence-electron chi connectivity index (χ1n) is 14.8. The normalized spacial score (nSPS) is 32.2. The highest BCUT2D eigenvalue weighted by molar-refractivity contribution is 5.90. The second kappa shape index (κ2) is 14.7. The molecule has 274 valence electrons. The summed E-state index contributed by atoms with van der Waals surface area (Å²) in [5.41, 5.74) is -0.153. The molecule has 1 unspecified atom stereocenters. The van der Waals surface area contributed by atoms with E-state index in [2.05, 4.69) is 0 Å². The van der Waals surface area contributed by atoms with Gasteiger partial charge in [0.2, 0.25) is 12.6 Å². The first-order valence-corrected chi connectivity index (χ1v) is 14.8. The maximum atomic E-state index is 11.7. The number of esters is 1. The highest BCUT2D eigenvalue weighted by atomic mass is 16.7. The molecule has 0 radical (unpaired) electrons. The minimum atomic E-state index is -1.96. The van der Waals surface area contributed by atoms with Crippen LogP contribution in [-0.4, -0.2) is 148 Å². The smallest absolute Gasteiger partial charge is 0.317 e. The van der Waals surface area contributed by atoms with Crippen LogP contribution in [0.2, 0.25) is 0 Å². The number of aliphatic carboxylic acids is 1. The second-order valence-corrected chi connectivity index (χ2v) is 11.5. The zero-order chi connectivity index (χ0) is 36.6. The standard InChI is InChI=1S/C30H34O20/c31-7-17-22(39)24(41)26(43)30(49-17)48-16-5-11-14(46-28(16)9-1-12(33)21(38)13(34)2-9)3-10(32)4-15(11)47-29-27(44)25(42)23(40)18(50-29)8-45-20(37)6-19(35)36/h1-5,17-18,22-34,38-44H,6-8H2,(H,35,36)/t17-,18-,22-,23-,24+,25+,26-,27-,28?,29-,30-/m1/s1. The Bertz CT molecular complexity index is 1590. The van der Waals surface area contributed by atoms with Crippen molar-refractivity contribution < 1.29 is 99.3 Å². The van der Waals surface area contributed by atoms with E-state index in [0.717, 1.165) is 24.3 Å². The van der Waals surface area contributed by atoms with Crippen LogP contribution in [0.5, 0.6) is 34.5 Å². The summed E-state index contributed by atoms with van der Waals surface area (Å²) in [5, 5.41) is 122. The zero-order valence-electron chi connectivity index (χ0n) is 25.5. The number of carbonyl (C=O) groups is 2. The lowest BCUT2D eigenvalue weighted by Gasteiger charge is -2.41. The van der Waals surface area contributed by atoms with Gasteiger partial charge in [-0.1, -0.05) is 0 Å². The summed E-state index contributed by atoms with van der Waals surface area (Å²) < 4.78 is 33.4. The molecule has 12 N–H and O–H groups in total. The fourth-order valence-electron chi connectivity index (χ4n) is 5.36. The molecule has 3 heterocycles. The Morgan fingerprint density at radius 3 is 1.92 bits per heavy atom. The van der Waals surface area contributed by atoms with Crippen LogP contribution in [0.3, 0.4) is 0 Å². The molecule has 20 heteroatoms. The minimum absolute atomic E-state index is 0.0754. The Balaban J connectivity index is 1.50. The Labute approximate surface area is 280 Å². The number of hydrogen-bond acceptors (Lipinski definition) is 19. The number of aliphatic hydroxyl groups is 7. The molecule has 0 spiro atoms. The number of fused-ring (bicyclic) bond motifs is 1. The van der Waals surface area contributed by atoms with E-state index in [1.54, 1.807) is 0 Å².